The van der Waals surface area contributed by atoms with Crippen molar-refractivity contribution in [1.29, 1.82) is 0 Å². The SMILES string of the molecule is CC1(C)O[C@@H](CO)[C@@H](C=O)O1. The summed E-state index contributed by atoms with van der Waals surface area (Å²) < 4.78 is 10.3. The second-order valence-corrected chi connectivity index (χ2v) is 2.96. The molecule has 1 heterocycles. The molecular formula is C7H12O4. The van der Waals surface area contributed by atoms with Crippen molar-refractivity contribution in [3.05, 3.63) is 0 Å². The average molecular weight is 160 g/mol. The van der Waals surface area contributed by atoms with E-state index in [1.54, 1.807) is 13.8 Å². The highest BCUT2D eigenvalue weighted by Gasteiger charge is 2.40. The summed E-state index contributed by atoms with van der Waals surface area (Å²) in [6.45, 7) is 3.23. The third-order valence-electron chi connectivity index (χ3n) is 1.54. The van der Waals surface area contributed by atoms with Gasteiger partial charge in [-0.3, -0.25) is 0 Å². The molecule has 1 saturated heterocycles. The normalized spacial score (nSPS) is 35.5. The van der Waals surface area contributed by atoms with Crippen molar-refractivity contribution in [2.24, 2.45) is 0 Å². The highest BCUT2D eigenvalue weighted by atomic mass is 16.8. The van der Waals surface area contributed by atoms with E-state index in [4.69, 9.17) is 14.6 Å². The Labute approximate surface area is 65.1 Å². The van der Waals surface area contributed by atoms with E-state index in [2.05, 4.69) is 0 Å². The Balaban J connectivity index is 2.62. The second kappa shape index (κ2) is 2.89. The number of hydrogen-bond donors (Lipinski definition) is 1. The van der Waals surface area contributed by atoms with Crippen LogP contribution in [0.25, 0.3) is 0 Å². The van der Waals surface area contributed by atoms with Gasteiger partial charge in [0.1, 0.15) is 12.2 Å². The molecule has 11 heavy (non-hydrogen) atoms. The Morgan fingerprint density at radius 2 is 2.18 bits per heavy atom. The van der Waals surface area contributed by atoms with Crippen LogP contribution >= 0.6 is 0 Å². The summed E-state index contributed by atoms with van der Waals surface area (Å²) in [5.74, 6) is -0.751. The fraction of sp³-hybridized carbons (Fsp3) is 0.857. The van der Waals surface area contributed by atoms with Crippen molar-refractivity contribution in [2.75, 3.05) is 6.61 Å². The first-order valence-electron chi connectivity index (χ1n) is 3.51. The topological polar surface area (TPSA) is 55.8 Å². The quantitative estimate of drug-likeness (QED) is 0.563. The predicted molar refractivity (Wildman–Crippen MR) is 37.0 cm³/mol. The van der Waals surface area contributed by atoms with Gasteiger partial charge in [-0.2, -0.15) is 0 Å². The molecular weight excluding hydrogens is 148 g/mol. The molecule has 0 radical (unpaired) electrons. The first-order valence-corrected chi connectivity index (χ1v) is 3.51. The summed E-state index contributed by atoms with van der Waals surface area (Å²) in [4.78, 5) is 10.3. The molecule has 0 spiro atoms. The molecule has 4 heteroatoms. The number of ether oxygens (including phenoxy) is 2. The van der Waals surface area contributed by atoms with Crippen LogP contribution in [0.2, 0.25) is 0 Å². The molecule has 0 saturated carbocycles. The number of aldehydes is 1. The molecule has 0 aromatic heterocycles. The standard InChI is InChI=1S/C7H12O4/c1-7(2)10-5(3-8)6(4-9)11-7/h3,5-6,9H,4H2,1-2H3/t5-,6+/m1/s1. The molecule has 0 bridgehead atoms. The lowest BCUT2D eigenvalue weighted by Gasteiger charge is -2.15. The van der Waals surface area contributed by atoms with Crippen molar-refractivity contribution >= 4 is 6.29 Å². The van der Waals surface area contributed by atoms with Gasteiger partial charge in [0.05, 0.1) is 6.61 Å². The fourth-order valence-corrected chi connectivity index (χ4v) is 1.12. The van der Waals surface area contributed by atoms with Gasteiger partial charge in [0.2, 0.25) is 0 Å². The molecule has 0 aromatic rings. The number of rotatable bonds is 2. The van der Waals surface area contributed by atoms with E-state index in [1.165, 1.54) is 0 Å². The molecule has 1 rings (SSSR count). The Hall–Kier alpha value is -0.450. The van der Waals surface area contributed by atoms with Gasteiger partial charge >= 0.3 is 0 Å². The Bertz CT molecular complexity index is 155. The highest BCUT2D eigenvalue weighted by molar-refractivity contribution is 5.57. The lowest BCUT2D eigenvalue weighted by atomic mass is 10.2. The maximum Gasteiger partial charge on any atom is 0.164 e. The molecule has 64 valence electrons. The van der Waals surface area contributed by atoms with E-state index in [1.807, 2.05) is 0 Å². The molecule has 0 aliphatic carbocycles. The van der Waals surface area contributed by atoms with Gasteiger partial charge in [-0.15, -0.1) is 0 Å². The van der Waals surface area contributed by atoms with E-state index in [-0.39, 0.29) is 6.61 Å². The Morgan fingerprint density at radius 1 is 1.55 bits per heavy atom. The zero-order valence-electron chi connectivity index (χ0n) is 6.61. The van der Waals surface area contributed by atoms with Crippen LogP contribution in [-0.4, -0.2) is 36.0 Å². The van der Waals surface area contributed by atoms with Crippen LogP contribution in [0.15, 0.2) is 0 Å². The van der Waals surface area contributed by atoms with Crippen molar-refractivity contribution < 1.29 is 19.4 Å². The maximum atomic E-state index is 10.3. The molecule has 4 nitrogen and oxygen atoms in total. The summed E-state index contributed by atoms with van der Waals surface area (Å²) in [7, 11) is 0. The largest absolute Gasteiger partial charge is 0.394 e. The van der Waals surface area contributed by atoms with Crippen LogP contribution < -0.4 is 0 Å². The summed E-state index contributed by atoms with van der Waals surface area (Å²) >= 11 is 0. The fourth-order valence-electron chi connectivity index (χ4n) is 1.12. The van der Waals surface area contributed by atoms with Crippen molar-refractivity contribution in [1.82, 2.24) is 0 Å². The smallest absolute Gasteiger partial charge is 0.164 e. The Morgan fingerprint density at radius 3 is 2.55 bits per heavy atom. The molecule has 1 aliphatic heterocycles. The zero-order valence-corrected chi connectivity index (χ0v) is 6.61. The van der Waals surface area contributed by atoms with Crippen LogP contribution in [0, 0.1) is 0 Å². The van der Waals surface area contributed by atoms with Gasteiger partial charge in [0.15, 0.2) is 12.1 Å². The first-order chi connectivity index (χ1) is 5.09. The van der Waals surface area contributed by atoms with Crippen molar-refractivity contribution in [3.63, 3.8) is 0 Å². The zero-order chi connectivity index (χ0) is 8.48. The van der Waals surface area contributed by atoms with Crippen molar-refractivity contribution in [3.8, 4) is 0 Å². The monoisotopic (exact) mass is 160 g/mol. The molecule has 0 amide bonds. The summed E-state index contributed by atoms with van der Waals surface area (Å²) in [6.07, 6.45) is -0.493. The van der Waals surface area contributed by atoms with E-state index in [0.717, 1.165) is 0 Å². The van der Waals surface area contributed by atoms with Gasteiger partial charge < -0.3 is 19.4 Å². The van der Waals surface area contributed by atoms with E-state index < -0.39 is 18.0 Å². The summed E-state index contributed by atoms with van der Waals surface area (Å²) in [5, 5.41) is 8.74. The maximum absolute atomic E-state index is 10.3. The highest BCUT2D eigenvalue weighted by Crippen LogP contribution is 2.26. The van der Waals surface area contributed by atoms with Gasteiger partial charge in [-0.25, -0.2) is 0 Å². The molecule has 2 atom stereocenters. The average Bonchev–Trinajstić information content (AvgIpc) is 2.25. The van der Waals surface area contributed by atoms with Gasteiger partial charge in [-0.1, -0.05) is 0 Å². The van der Waals surface area contributed by atoms with E-state index >= 15 is 0 Å². The minimum Gasteiger partial charge on any atom is -0.394 e. The first kappa shape index (κ1) is 8.64. The van der Waals surface area contributed by atoms with Gasteiger partial charge in [-0.05, 0) is 13.8 Å². The molecule has 1 fully saturated rings. The third-order valence-corrected chi connectivity index (χ3v) is 1.54. The summed E-state index contributed by atoms with van der Waals surface area (Å²) in [5.41, 5.74) is 0. The Kier molecular flexibility index (Phi) is 2.27. The number of hydrogen-bond acceptors (Lipinski definition) is 4. The predicted octanol–water partition coefficient (Wildman–Crippen LogP) is -0.302. The van der Waals surface area contributed by atoms with Crippen molar-refractivity contribution in [2.45, 2.75) is 31.8 Å². The van der Waals surface area contributed by atoms with Crippen LogP contribution in [0.1, 0.15) is 13.8 Å². The molecule has 1 N–H and O–H groups in total. The molecule has 1 aliphatic rings. The van der Waals surface area contributed by atoms with Gasteiger partial charge in [0.25, 0.3) is 0 Å². The van der Waals surface area contributed by atoms with Crippen LogP contribution in [0.5, 0.6) is 0 Å². The summed E-state index contributed by atoms with van der Waals surface area (Å²) in [6, 6.07) is 0. The number of aliphatic hydroxyl groups excluding tert-OH is 1. The molecule has 0 aromatic carbocycles. The lowest BCUT2D eigenvalue weighted by Crippen LogP contribution is -2.27. The van der Waals surface area contributed by atoms with E-state index in [9.17, 15) is 4.79 Å². The van der Waals surface area contributed by atoms with E-state index in [0.29, 0.717) is 6.29 Å². The van der Waals surface area contributed by atoms with Crippen LogP contribution in [0.4, 0.5) is 0 Å². The number of aliphatic hydroxyl groups is 1. The molecule has 0 unspecified atom stereocenters. The lowest BCUT2D eigenvalue weighted by molar-refractivity contribution is -0.152. The number of carbonyl (C=O) groups excluding carboxylic acids is 1. The minimum atomic E-state index is -0.751. The number of carbonyl (C=O) groups is 1. The van der Waals surface area contributed by atoms with Crippen LogP contribution in [-0.2, 0) is 14.3 Å². The van der Waals surface area contributed by atoms with Crippen LogP contribution in [0.3, 0.4) is 0 Å². The minimum absolute atomic E-state index is 0.188. The van der Waals surface area contributed by atoms with Gasteiger partial charge in [0, 0.05) is 0 Å². The second-order valence-electron chi connectivity index (χ2n) is 2.96. The third kappa shape index (κ3) is 1.77.